The van der Waals surface area contributed by atoms with Gasteiger partial charge in [-0.05, 0) is 62.1 Å². The van der Waals surface area contributed by atoms with Gasteiger partial charge in [-0.15, -0.1) is 0 Å². The van der Waals surface area contributed by atoms with Crippen LogP contribution in [0.4, 0.5) is 0 Å². The summed E-state index contributed by atoms with van der Waals surface area (Å²) in [6, 6.07) is 10.2. The number of ketones is 2. The number of nitrogens with zero attached hydrogens (tertiary/aromatic N) is 22. The summed E-state index contributed by atoms with van der Waals surface area (Å²) in [5, 5.41) is 65.6. The molecule has 0 unspecified atom stereocenters. The summed E-state index contributed by atoms with van der Waals surface area (Å²) in [5.74, 6) is -1.61. The number of allylic oxidation sites excluding steroid dienone is 8. The van der Waals surface area contributed by atoms with Crippen molar-refractivity contribution in [1.82, 2.24) is 0 Å². The quantitative estimate of drug-likeness (QED) is 0.0771. The number of ether oxygens (including phenoxy) is 4. The Kier molecular flexibility index (Phi) is 105. The average Bonchev–Trinajstić information content (AvgIpc) is 1.25. The smallest absolute Gasteiger partial charge is 0.870 e. The van der Waals surface area contributed by atoms with E-state index in [0.717, 1.165) is 79.4 Å². The number of Topliss-reactive ketones (excluding diaryl/α,β-unsaturated/α-hetero) is 2. The zero-order chi connectivity index (χ0) is 67.3. The van der Waals surface area contributed by atoms with E-state index < -0.39 is 11.9 Å². The molecule has 4 aliphatic rings. The molecule has 0 spiro atoms. The zero-order valence-corrected chi connectivity index (χ0v) is 60.1. The van der Waals surface area contributed by atoms with E-state index in [4.69, 9.17) is 115 Å². The van der Waals surface area contributed by atoms with Crippen molar-refractivity contribution in [3.8, 4) is 23.0 Å². The number of carboxylic acid groups (broad SMARTS) is 2. The number of aliphatic imine (C=N–C) groups is 2. The van der Waals surface area contributed by atoms with Crippen LogP contribution in [0.25, 0.3) is 106 Å². The van der Waals surface area contributed by atoms with E-state index in [1.165, 1.54) is 57.9 Å². The first-order valence-electron chi connectivity index (χ1n) is 23.9. The first-order chi connectivity index (χ1) is 41.2. The number of carboxylic acids is 2. The number of hydrogen-bond acceptors (Lipinski definition) is 16. The molecule has 2 saturated carbocycles. The Hall–Kier alpha value is -6.72. The number of aliphatic carboxylic acids is 2. The van der Waals surface area contributed by atoms with Gasteiger partial charge in [0.1, 0.15) is 11.5 Å². The van der Waals surface area contributed by atoms with Crippen molar-refractivity contribution >= 4 is 35.9 Å². The number of aliphatic hydroxyl groups excluding tert-OH is 2. The normalized spacial score (nSPS) is 15.5. The second-order valence-corrected chi connectivity index (χ2v) is 15.0. The largest absolute Gasteiger partial charge is 2.00 e. The van der Waals surface area contributed by atoms with Gasteiger partial charge >= 0.3 is 144 Å². The Balaban J connectivity index is -0.0000000833. The average molecular weight is 1560 g/mol. The summed E-state index contributed by atoms with van der Waals surface area (Å²) in [6.07, 6.45) is 24.7. The third kappa shape index (κ3) is 60.0. The Morgan fingerprint density at radius 2 is 0.753 bits per heavy atom. The molecule has 0 aliphatic heterocycles. The number of methoxy groups -OCH3 is 4. The van der Waals surface area contributed by atoms with Gasteiger partial charge in [0.25, 0.3) is 0 Å². The molecule has 4 atom stereocenters. The van der Waals surface area contributed by atoms with Crippen LogP contribution in [0, 0.1) is 0 Å². The molecule has 6 rings (SSSR count). The Morgan fingerprint density at radius 1 is 0.505 bits per heavy atom. The predicted molar refractivity (Wildman–Crippen MR) is 312 cm³/mol. The first-order valence-corrected chi connectivity index (χ1v) is 23.9. The van der Waals surface area contributed by atoms with Gasteiger partial charge < -0.3 is 136 Å². The summed E-state index contributed by atoms with van der Waals surface area (Å²) in [5.41, 5.74) is 83.0. The molecule has 0 bridgehead atoms. The van der Waals surface area contributed by atoms with Crippen molar-refractivity contribution in [2.75, 3.05) is 42.7 Å². The number of rotatable bonds is 12. The maximum absolute atomic E-state index is 12.3. The van der Waals surface area contributed by atoms with E-state index >= 15 is 0 Å². The maximum Gasteiger partial charge on any atom is 2.00 e. The molecule has 513 valence electrons. The van der Waals surface area contributed by atoms with Crippen molar-refractivity contribution in [2.24, 2.45) is 9.98 Å². The van der Waals surface area contributed by atoms with Crippen LogP contribution in [0.2, 0.25) is 0 Å². The second kappa shape index (κ2) is 83.3. The fourth-order valence-electron chi connectivity index (χ4n) is 6.76. The first kappa shape index (κ1) is 117. The minimum atomic E-state index is -1.08. The summed E-state index contributed by atoms with van der Waals surface area (Å²) >= 11 is 0. The molecular formula is C50H62Cu5N22Na2O14. The van der Waals surface area contributed by atoms with Gasteiger partial charge in [-0.2, -0.15) is 12.4 Å². The van der Waals surface area contributed by atoms with Gasteiger partial charge in [0.15, 0.2) is 11.5 Å². The van der Waals surface area contributed by atoms with Crippen LogP contribution < -0.4 is 89.0 Å². The minimum absolute atomic E-state index is 0. The van der Waals surface area contributed by atoms with Crippen LogP contribution in [-0.2, 0) is 114 Å². The van der Waals surface area contributed by atoms with Crippen molar-refractivity contribution in [1.29, 1.82) is 0 Å². The van der Waals surface area contributed by atoms with E-state index in [2.05, 4.69) is 20.6 Å². The summed E-state index contributed by atoms with van der Waals surface area (Å²) in [6.45, 7) is 1.94. The number of hydrogen-bond donors (Lipinski definition) is 2. The Morgan fingerprint density at radius 3 is 0.989 bits per heavy atom. The summed E-state index contributed by atoms with van der Waals surface area (Å²) in [7, 11) is 7.91. The van der Waals surface area contributed by atoms with Crippen LogP contribution in [0.15, 0.2) is 118 Å². The molecule has 5 radical (unpaired) electrons. The van der Waals surface area contributed by atoms with Crippen LogP contribution in [0.1, 0.15) is 76.3 Å². The van der Waals surface area contributed by atoms with E-state index in [0.29, 0.717) is 45.3 Å². The molecule has 2 N–H and O–H groups in total. The number of carbonyl (C=O) groups excluding carboxylic acids is 4. The molecule has 2 aromatic carbocycles. The monoisotopic (exact) mass is 1560 g/mol. The summed E-state index contributed by atoms with van der Waals surface area (Å²) in [4.78, 5) is 60.6. The van der Waals surface area contributed by atoms with E-state index in [-0.39, 0.29) is 192 Å². The van der Waals surface area contributed by atoms with Crippen molar-refractivity contribution in [3.05, 3.63) is 226 Å². The standard InChI is InChI=1S/2C22H26N2O4.2C2H4O2.2CH4O.5Cu.6N3.2Na/c2*1-27-19-11-5-7-15(21(19)25)13-23-17-9-3-4-10-18(17)24-14-16-8-6-12-20(28-2)22(16)26;2*1-2(3)4;2*1-2;;;;;;6*1-3-2;;/h2*5-8,11-14,17-18H,3-4,9-10H2,1-2H3,(H2,23,24,25,26);2*1H3,(H,3,4);2*2H,1H3;;;;;;;;;;;;;/q;;;;;;5*+2;6*-1;2*+1/p-6/t2*17-,18-;;;;;;;;;;;;;;;;;/m10................./s1. The van der Waals surface area contributed by atoms with Gasteiger partial charge in [-0.3, -0.25) is 49.0 Å². The molecule has 0 saturated heterocycles. The van der Waals surface area contributed by atoms with Crippen LogP contribution in [-0.4, -0.2) is 113 Å². The fourth-order valence-corrected chi connectivity index (χ4v) is 6.76. The molecule has 4 aliphatic carbocycles. The molecular weight excluding hydrogens is 1500 g/mol. The minimum Gasteiger partial charge on any atom is -0.870 e. The van der Waals surface area contributed by atoms with E-state index in [1.807, 2.05) is 0 Å². The third-order valence-corrected chi connectivity index (χ3v) is 9.93. The maximum atomic E-state index is 12.3. The topological polar surface area (TPSA) is 643 Å². The SMILES string of the molecule is CC(=O)[O-].CC(=O)[O-].CO.CO.COC1=CC=C/C(=C/[N-][C@@H]2CCCC[C@H]2N=Cc2cccc(OC)c2[O-])C1=O.COC1=CC=C/C(=C/[N-][C@H]2CCCC[C@@H]2N=Cc2cccc(OC)c2[O-])C1=O.[Cu+2].[Cu+2].[Cu+2].[Cu+2].[Cu+2].[N-]=[N+]=[N-].[N-]=[N+]=[N-].[N-]=[N+]=[N-].[N-]=[N+]=[N-].[N-]=[N+]=[N-].[N-]=[N+]=[N-].[Na+].[Na+]. The van der Waals surface area contributed by atoms with Crippen LogP contribution >= 0.6 is 0 Å². The fraction of sp³-hybridized carbons (Fsp3) is 0.400. The van der Waals surface area contributed by atoms with E-state index in [1.54, 1.807) is 97.7 Å². The molecule has 43 heteroatoms. The molecule has 0 amide bonds. The van der Waals surface area contributed by atoms with Crippen molar-refractivity contribution < 1.29 is 213 Å². The number of aliphatic hydroxyl groups is 2. The molecule has 0 heterocycles. The zero-order valence-electron chi connectivity index (χ0n) is 51.3. The molecule has 2 aromatic rings. The Bertz CT molecular complexity index is 2590. The van der Waals surface area contributed by atoms with Crippen LogP contribution in [0.5, 0.6) is 23.0 Å². The van der Waals surface area contributed by atoms with Gasteiger partial charge in [-0.1, -0.05) is 111 Å². The molecule has 36 nitrogen and oxygen atoms in total. The second-order valence-electron chi connectivity index (χ2n) is 15.0. The molecule has 93 heavy (non-hydrogen) atoms. The number of carbonyl (C=O) groups is 4. The van der Waals surface area contributed by atoms with Gasteiger partial charge in [0, 0.05) is 61.8 Å². The van der Waals surface area contributed by atoms with Gasteiger partial charge in [0.05, 0.1) is 28.4 Å². The number of benzene rings is 2. The van der Waals surface area contributed by atoms with Crippen molar-refractivity contribution in [2.45, 2.75) is 89.4 Å². The molecule has 2 fully saturated rings. The summed E-state index contributed by atoms with van der Waals surface area (Å²) < 4.78 is 20.3. The van der Waals surface area contributed by atoms with Crippen LogP contribution in [0.3, 0.4) is 0 Å². The third-order valence-electron chi connectivity index (χ3n) is 9.93. The Labute approximate surface area is 633 Å². The van der Waals surface area contributed by atoms with E-state index in [9.17, 15) is 19.8 Å². The van der Waals surface area contributed by atoms with Gasteiger partial charge in [-0.25, -0.2) is 0 Å². The molecule has 0 aromatic heterocycles. The number of para-hydroxylation sites is 2. The predicted octanol–water partition coefficient (Wildman–Crippen LogP) is 2.77. The van der Waals surface area contributed by atoms with Gasteiger partial charge in [0.2, 0.25) is 11.6 Å². The van der Waals surface area contributed by atoms with Crippen molar-refractivity contribution in [3.63, 3.8) is 0 Å².